The number of nitrogens with one attached hydrogen (secondary N) is 2. The Balaban J connectivity index is 0.00000300. The van der Waals surface area contributed by atoms with Crippen LogP contribution >= 0.6 is 37.2 Å². The summed E-state index contributed by atoms with van der Waals surface area (Å²) in [5, 5.41) is 8.91. The number of pyridine rings is 1. The van der Waals surface area contributed by atoms with Crippen LogP contribution in [-0.2, 0) is 0 Å². The van der Waals surface area contributed by atoms with E-state index in [4.69, 9.17) is 14.5 Å². The van der Waals surface area contributed by atoms with Crippen LogP contribution in [0.2, 0.25) is 0 Å². The summed E-state index contributed by atoms with van der Waals surface area (Å²) >= 11 is 0. The molecule has 1 heterocycles. The molecule has 0 fully saturated rings. The van der Waals surface area contributed by atoms with Crippen LogP contribution < -0.4 is 20.1 Å². The summed E-state index contributed by atoms with van der Waals surface area (Å²) < 4.78 is 11.7. The number of rotatable bonds is 12. The average Bonchev–Trinajstić information content (AvgIpc) is 2.72. The van der Waals surface area contributed by atoms with Gasteiger partial charge in [0, 0.05) is 36.0 Å². The van der Waals surface area contributed by atoms with E-state index in [0.29, 0.717) is 13.2 Å². The van der Waals surface area contributed by atoms with E-state index < -0.39 is 0 Å². The fourth-order valence-electron chi connectivity index (χ4n) is 3.05. The van der Waals surface area contributed by atoms with Crippen molar-refractivity contribution in [2.75, 3.05) is 39.4 Å². The molecule has 0 saturated carbocycles. The molecule has 5 nitrogen and oxygen atoms in total. The normalized spacial score (nSPS) is 10.1. The molecule has 0 aliphatic carbocycles. The number of halogens is 3. The zero-order valence-corrected chi connectivity index (χ0v) is 20.6. The lowest BCUT2D eigenvalue weighted by molar-refractivity contribution is 0.314. The molecule has 0 spiro atoms. The first kappa shape index (κ1) is 29.5. The molecule has 8 heteroatoms. The number of hydrogen-bond acceptors (Lipinski definition) is 5. The molecule has 0 amide bonds. The Labute approximate surface area is 203 Å². The molecule has 0 aliphatic rings. The van der Waals surface area contributed by atoms with E-state index in [1.165, 1.54) is 0 Å². The van der Waals surface area contributed by atoms with Crippen molar-refractivity contribution in [2.45, 2.75) is 26.7 Å². The quantitative estimate of drug-likeness (QED) is 0.263. The second-order valence-electron chi connectivity index (χ2n) is 6.89. The molecule has 1 aromatic heterocycles. The number of hydrogen-bond donors (Lipinski definition) is 2. The van der Waals surface area contributed by atoms with Crippen molar-refractivity contribution in [3.63, 3.8) is 0 Å². The zero-order chi connectivity index (χ0) is 19.6. The van der Waals surface area contributed by atoms with E-state index in [1.807, 2.05) is 24.3 Å². The van der Waals surface area contributed by atoms with Gasteiger partial charge in [-0.05, 0) is 56.3 Å². The van der Waals surface area contributed by atoms with Crippen LogP contribution in [0.5, 0.6) is 11.5 Å². The molecular weight excluding hydrogens is 457 g/mol. The Morgan fingerprint density at radius 1 is 0.645 bits per heavy atom. The van der Waals surface area contributed by atoms with Gasteiger partial charge in [-0.3, -0.25) is 0 Å². The van der Waals surface area contributed by atoms with Crippen LogP contribution in [0, 0.1) is 0 Å². The summed E-state index contributed by atoms with van der Waals surface area (Å²) in [6.45, 7) is 9.38. The number of aromatic nitrogens is 1. The molecule has 3 rings (SSSR count). The van der Waals surface area contributed by atoms with E-state index in [-0.39, 0.29) is 37.2 Å². The topological polar surface area (TPSA) is 55.4 Å². The Bertz CT molecular complexity index is 827. The Hall–Kier alpha value is -1.50. The molecule has 3 aromatic rings. The predicted molar refractivity (Wildman–Crippen MR) is 138 cm³/mol. The van der Waals surface area contributed by atoms with Crippen molar-refractivity contribution < 1.29 is 9.47 Å². The van der Waals surface area contributed by atoms with Crippen molar-refractivity contribution in [1.82, 2.24) is 15.6 Å². The van der Waals surface area contributed by atoms with Gasteiger partial charge in [-0.25, -0.2) is 4.98 Å². The average molecular weight is 491 g/mol. The van der Waals surface area contributed by atoms with Gasteiger partial charge in [-0.15, -0.1) is 37.2 Å². The van der Waals surface area contributed by atoms with E-state index in [1.54, 1.807) is 0 Å². The van der Waals surface area contributed by atoms with Gasteiger partial charge in [0.05, 0.1) is 11.0 Å². The van der Waals surface area contributed by atoms with Gasteiger partial charge in [0.25, 0.3) is 0 Å². The van der Waals surface area contributed by atoms with Crippen molar-refractivity contribution in [2.24, 2.45) is 0 Å². The number of nitrogens with zero attached hydrogens (tertiary/aromatic N) is 1. The third-order valence-electron chi connectivity index (χ3n) is 4.50. The molecule has 0 saturated heterocycles. The minimum absolute atomic E-state index is 0. The maximum Gasteiger partial charge on any atom is 0.121 e. The third-order valence-corrected chi connectivity index (χ3v) is 4.50. The minimum Gasteiger partial charge on any atom is -0.492 e. The highest BCUT2D eigenvalue weighted by Gasteiger charge is 2.04. The zero-order valence-electron chi connectivity index (χ0n) is 18.2. The lowest BCUT2D eigenvalue weighted by Crippen LogP contribution is -2.21. The summed E-state index contributed by atoms with van der Waals surface area (Å²) in [5.74, 6) is 1.71. The molecule has 0 aliphatic heterocycles. The van der Waals surface area contributed by atoms with Crippen LogP contribution in [0.3, 0.4) is 0 Å². The molecular formula is C23H34Cl3N3O2. The second kappa shape index (κ2) is 16.2. The first-order valence-electron chi connectivity index (χ1n) is 10.3. The van der Waals surface area contributed by atoms with Crippen molar-refractivity contribution in [1.29, 1.82) is 0 Å². The number of ether oxygens (including phenoxy) is 2. The second-order valence-corrected chi connectivity index (χ2v) is 6.89. The van der Waals surface area contributed by atoms with Gasteiger partial charge in [0.2, 0.25) is 0 Å². The van der Waals surface area contributed by atoms with E-state index in [2.05, 4.69) is 42.7 Å². The smallest absolute Gasteiger partial charge is 0.121 e. The van der Waals surface area contributed by atoms with Crippen molar-refractivity contribution >= 4 is 59.0 Å². The van der Waals surface area contributed by atoms with Gasteiger partial charge >= 0.3 is 0 Å². The molecule has 0 radical (unpaired) electrons. The summed E-state index contributed by atoms with van der Waals surface area (Å²) in [6.07, 6.45) is 2.27. The number of fused-ring (bicyclic) bond motifs is 2. The van der Waals surface area contributed by atoms with Gasteiger partial charge in [-0.2, -0.15) is 0 Å². The van der Waals surface area contributed by atoms with Gasteiger partial charge in [0.15, 0.2) is 0 Å². The van der Waals surface area contributed by atoms with Crippen LogP contribution in [-0.4, -0.2) is 44.4 Å². The minimum atomic E-state index is 0. The molecule has 0 bridgehead atoms. The summed E-state index contributed by atoms with van der Waals surface area (Å²) in [5.41, 5.74) is 1.88. The van der Waals surface area contributed by atoms with Crippen LogP contribution in [0.25, 0.3) is 21.8 Å². The molecule has 31 heavy (non-hydrogen) atoms. The van der Waals surface area contributed by atoms with Crippen molar-refractivity contribution in [3.8, 4) is 11.5 Å². The largest absolute Gasteiger partial charge is 0.492 e. The van der Waals surface area contributed by atoms with E-state index in [0.717, 1.165) is 72.3 Å². The molecule has 2 aromatic carbocycles. The highest BCUT2D eigenvalue weighted by atomic mass is 35.5. The van der Waals surface area contributed by atoms with Crippen LogP contribution in [0.15, 0.2) is 42.5 Å². The molecule has 174 valence electrons. The summed E-state index contributed by atoms with van der Waals surface area (Å²) in [7, 11) is 0. The molecule has 0 atom stereocenters. The summed E-state index contributed by atoms with van der Waals surface area (Å²) in [4.78, 5) is 4.82. The maximum absolute atomic E-state index is 5.85. The Kier molecular flexibility index (Phi) is 15.4. The first-order chi connectivity index (χ1) is 13.8. The van der Waals surface area contributed by atoms with E-state index in [9.17, 15) is 0 Å². The lowest BCUT2D eigenvalue weighted by atomic mass is 10.1. The highest BCUT2D eigenvalue weighted by molar-refractivity contribution is 5.93. The Morgan fingerprint density at radius 2 is 1.10 bits per heavy atom. The van der Waals surface area contributed by atoms with E-state index >= 15 is 0 Å². The molecule has 2 N–H and O–H groups in total. The highest BCUT2D eigenvalue weighted by Crippen LogP contribution is 2.26. The van der Waals surface area contributed by atoms with Gasteiger partial charge in [-0.1, -0.05) is 13.8 Å². The van der Waals surface area contributed by atoms with Crippen LogP contribution in [0.4, 0.5) is 0 Å². The van der Waals surface area contributed by atoms with Crippen molar-refractivity contribution in [3.05, 3.63) is 42.5 Å². The monoisotopic (exact) mass is 489 g/mol. The fourth-order valence-corrected chi connectivity index (χ4v) is 3.05. The number of benzene rings is 2. The maximum atomic E-state index is 5.85. The SMILES string of the molecule is CCCNCCOc1ccc2cc3ccc(OCCNCCC)cc3nc2c1.Cl.Cl.Cl. The van der Waals surface area contributed by atoms with Gasteiger partial charge in [0.1, 0.15) is 24.7 Å². The molecule has 0 unspecified atom stereocenters. The third kappa shape index (κ3) is 9.26. The lowest BCUT2D eigenvalue weighted by Gasteiger charge is -2.10. The summed E-state index contributed by atoms with van der Waals surface area (Å²) in [6, 6.07) is 14.3. The first-order valence-corrected chi connectivity index (χ1v) is 10.3. The predicted octanol–water partition coefficient (Wildman–Crippen LogP) is 5.41. The van der Waals surface area contributed by atoms with Crippen LogP contribution in [0.1, 0.15) is 26.7 Å². The van der Waals surface area contributed by atoms with Gasteiger partial charge < -0.3 is 20.1 Å². The Morgan fingerprint density at radius 3 is 1.52 bits per heavy atom. The standard InChI is InChI=1S/C23H31N3O2.3ClH/c1-3-9-24-11-13-27-20-7-5-18-15-19-6-8-21(28-14-12-25-10-4-2)17-23(19)26-22(18)16-20;;;/h5-8,15-17,24-25H,3-4,9-14H2,1-2H3;3*1H. The fraction of sp³-hybridized carbons (Fsp3) is 0.435.